The molecule has 1 aliphatic rings. The van der Waals surface area contributed by atoms with Gasteiger partial charge >= 0.3 is 23.9 Å². The van der Waals surface area contributed by atoms with Crippen LogP contribution >= 0.6 is 0 Å². The van der Waals surface area contributed by atoms with Crippen molar-refractivity contribution in [2.45, 2.75) is 18.9 Å². The van der Waals surface area contributed by atoms with Crippen LogP contribution in [0, 0.1) is 0 Å². The van der Waals surface area contributed by atoms with Gasteiger partial charge in [-0.15, -0.1) is 0 Å². The summed E-state index contributed by atoms with van der Waals surface area (Å²) in [4.78, 5) is 77.1. The number of benzene rings is 1. The fourth-order valence-electron chi connectivity index (χ4n) is 4.90. The molecule has 0 saturated carbocycles. The zero-order valence-electron chi connectivity index (χ0n) is 25.1. The first-order chi connectivity index (χ1) is 21.4. The predicted octanol–water partition coefficient (Wildman–Crippen LogP) is -1.92. The van der Waals surface area contributed by atoms with Crippen LogP contribution in [0.2, 0.25) is 0 Å². The Morgan fingerprint density at radius 2 is 1.18 bits per heavy atom. The molecule has 1 saturated heterocycles. The number of nitrogens with one attached hydrogen (secondary N) is 2. The zero-order valence-corrected chi connectivity index (χ0v) is 25.1. The quantitative estimate of drug-likeness (QED) is 0.0927. The van der Waals surface area contributed by atoms with Crippen LogP contribution in [0.5, 0.6) is 0 Å². The molecule has 1 aromatic rings. The number of hydrogen-bond donors (Lipinski definition) is 7. The topological polar surface area (TPSA) is 246 Å². The monoisotopic (exact) mass is 637 g/mol. The molecule has 0 spiro atoms. The van der Waals surface area contributed by atoms with Gasteiger partial charge in [0.25, 0.3) is 0 Å². The second-order valence-corrected chi connectivity index (χ2v) is 10.7. The van der Waals surface area contributed by atoms with E-state index in [1.165, 1.54) is 4.90 Å². The van der Waals surface area contributed by atoms with E-state index in [0.29, 0.717) is 57.1 Å². The maximum atomic E-state index is 12.4. The maximum absolute atomic E-state index is 12.4. The molecule has 45 heavy (non-hydrogen) atoms. The average molecular weight is 638 g/mol. The van der Waals surface area contributed by atoms with Crippen LogP contribution in [0.3, 0.4) is 0 Å². The number of nitrogens with zero attached hydrogens (tertiary/aromatic N) is 4. The molecule has 250 valence electrons. The highest BCUT2D eigenvalue weighted by Crippen LogP contribution is 2.24. The fraction of sp³-hybridized carbons (Fsp3) is 0.571. The number of nitrogens with two attached hydrogens (primary N) is 1. The third-order valence-corrected chi connectivity index (χ3v) is 7.09. The van der Waals surface area contributed by atoms with E-state index in [2.05, 4.69) is 10.6 Å². The van der Waals surface area contributed by atoms with Crippen molar-refractivity contribution in [3.05, 3.63) is 29.8 Å². The van der Waals surface area contributed by atoms with Gasteiger partial charge in [-0.05, 0) is 17.7 Å². The summed E-state index contributed by atoms with van der Waals surface area (Å²) in [5, 5.41) is 43.1. The van der Waals surface area contributed by atoms with Crippen LogP contribution in [0.15, 0.2) is 24.3 Å². The summed E-state index contributed by atoms with van der Waals surface area (Å²) in [7, 11) is 0. The second kappa shape index (κ2) is 19.3. The summed E-state index contributed by atoms with van der Waals surface area (Å²) in [6.07, 6.45) is -0.0759. The van der Waals surface area contributed by atoms with E-state index in [1.807, 2.05) is 4.90 Å². The predicted molar refractivity (Wildman–Crippen MR) is 161 cm³/mol. The van der Waals surface area contributed by atoms with Gasteiger partial charge in [-0.2, -0.15) is 0 Å². The molecule has 1 fully saturated rings. The van der Waals surface area contributed by atoms with Gasteiger partial charge in [0.15, 0.2) is 0 Å². The molecule has 2 rings (SSSR count). The van der Waals surface area contributed by atoms with Crippen molar-refractivity contribution < 1.29 is 49.2 Å². The van der Waals surface area contributed by atoms with Crippen LogP contribution < -0.4 is 16.4 Å². The number of anilines is 1. The Kier molecular flexibility index (Phi) is 15.9. The smallest absolute Gasteiger partial charge is 0.317 e. The number of rotatable bonds is 18. The Balaban J connectivity index is 2.28. The molecule has 1 aromatic carbocycles. The molecule has 1 atom stereocenters. The van der Waals surface area contributed by atoms with E-state index in [4.69, 9.17) is 5.73 Å². The van der Waals surface area contributed by atoms with Crippen LogP contribution in [0.1, 0.15) is 24.4 Å². The Morgan fingerprint density at radius 3 is 1.62 bits per heavy atom. The van der Waals surface area contributed by atoms with E-state index in [9.17, 15) is 49.2 Å². The first kappa shape index (κ1) is 37.0. The number of carbonyl (C=O) groups excluding carboxylic acids is 2. The van der Waals surface area contributed by atoms with Crippen LogP contribution in [-0.4, -0.2) is 161 Å². The Labute approximate surface area is 260 Å². The number of aliphatic carboxylic acids is 4. The van der Waals surface area contributed by atoms with E-state index < -0.39 is 48.9 Å². The lowest BCUT2D eigenvalue weighted by Crippen LogP contribution is -2.45. The number of carboxylic acids is 4. The Bertz CT molecular complexity index is 1120. The maximum Gasteiger partial charge on any atom is 0.317 e. The first-order valence-corrected chi connectivity index (χ1v) is 14.5. The summed E-state index contributed by atoms with van der Waals surface area (Å²) >= 11 is 0. The first-order valence-electron chi connectivity index (χ1n) is 14.5. The normalized spacial score (nSPS) is 15.8. The summed E-state index contributed by atoms with van der Waals surface area (Å²) < 4.78 is 0. The highest BCUT2D eigenvalue weighted by atomic mass is 16.4. The van der Waals surface area contributed by atoms with Gasteiger partial charge in [0.1, 0.15) is 0 Å². The Hall–Kier alpha value is -4.16. The van der Waals surface area contributed by atoms with Crippen LogP contribution in [0.25, 0.3) is 0 Å². The van der Waals surface area contributed by atoms with Crippen molar-refractivity contribution in [2.75, 3.05) is 90.4 Å². The summed E-state index contributed by atoms with van der Waals surface area (Å²) in [6.45, 7) is 1.20. The highest BCUT2D eigenvalue weighted by molar-refractivity contribution is 5.93. The molecule has 17 nitrogen and oxygen atoms in total. The van der Waals surface area contributed by atoms with Crippen LogP contribution in [-0.2, 0) is 28.8 Å². The van der Waals surface area contributed by atoms with E-state index >= 15 is 0 Å². The number of amides is 2. The molecular formula is C28H43N7O10. The van der Waals surface area contributed by atoms with Gasteiger partial charge in [-0.25, -0.2) is 0 Å². The minimum atomic E-state index is -1.23. The van der Waals surface area contributed by atoms with Gasteiger partial charge in [-0.1, -0.05) is 12.1 Å². The molecule has 1 unspecified atom stereocenters. The molecule has 0 aliphatic carbocycles. The molecule has 2 amide bonds. The van der Waals surface area contributed by atoms with Crippen molar-refractivity contribution in [3.8, 4) is 0 Å². The molecule has 0 aromatic heterocycles. The molecule has 0 radical (unpaired) electrons. The molecular weight excluding hydrogens is 594 g/mol. The van der Waals surface area contributed by atoms with Gasteiger partial charge in [0.2, 0.25) is 11.8 Å². The van der Waals surface area contributed by atoms with Gasteiger partial charge in [0.05, 0.1) is 26.2 Å². The minimum Gasteiger partial charge on any atom is -0.480 e. The van der Waals surface area contributed by atoms with Crippen molar-refractivity contribution in [1.29, 1.82) is 0 Å². The minimum absolute atomic E-state index is 0.0189. The molecule has 8 N–H and O–H groups in total. The highest BCUT2D eigenvalue weighted by Gasteiger charge is 2.28. The largest absolute Gasteiger partial charge is 0.480 e. The van der Waals surface area contributed by atoms with Crippen LogP contribution in [0.4, 0.5) is 5.69 Å². The van der Waals surface area contributed by atoms with Crippen molar-refractivity contribution >= 4 is 41.4 Å². The third kappa shape index (κ3) is 14.9. The standard InChI is InChI=1S/C28H43N7O10/c29-7-8-30-23(36)5-6-24(37)31-21-3-1-20(2-4-21)22(35(18-27(42)43)19-28(44)45)15-32-9-11-33(16-25(38)39)13-14-34(12-10-32)17-26(40)41/h1-4,22H,5-19,29H2,(H,30,36)(H,31,37)(H,38,39)(H,40,41)(H,42,43)(H,44,45). The summed E-state index contributed by atoms with van der Waals surface area (Å²) in [5.41, 5.74) is 6.34. The molecule has 0 bridgehead atoms. The van der Waals surface area contributed by atoms with E-state index in [1.54, 1.807) is 34.1 Å². The van der Waals surface area contributed by atoms with Crippen molar-refractivity contribution in [3.63, 3.8) is 0 Å². The average Bonchev–Trinajstić information content (AvgIpc) is 3.04. The SMILES string of the molecule is NCCNC(=O)CCC(=O)Nc1ccc(C(CN2CCN(CC(=O)O)CCN(CC(=O)O)CC2)N(CC(=O)O)CC(=O)O)cc1. The van der Waals surface area contributed by atoms with Gasteiger partial charge in [0, 0.05) is 83.5 Å². The third-order valence-electron chi connectivity index (χ3n) is 7.09. The number of carboxylic acid groups (broad SMARTS) is 4. The summed E-state index contributed by atoms with van der Waals surface area (Å²) in [6, 6.07) is 5.74. The van der Waals surface area contributed by atoms with Gasteiger partial charge in [-0.3, -0.25) is 48.4 Å². The zero-order chi connectivity index (χ0) is 33.4. The fourth-order valence-corrected chi connectivity index (χ4v) is 4.90. The Morgan fingerprint density at radius 1 is 0.711 bits per heavy atom. The summed E-state index contributed by atoms with van der Waals surface area (Å²) in [5.74, 6) is -5.22. The second-order valence-electron chi connectivity index (χ2n) is 10.7. The lowest BCUT2D eigenvalue weighted by Gasteiger charge is -2.35. The molecule has 1 heterocycles. The van der Waals surface area contributed by atoms with Gasteiger partial charge < -0.3 is 36.8 Å². The lowest BCUT2D eigenvalue weighted by atomic mass is 10.0. The molecule has 1 aliphatic heterocycles. The number of hydrogen-bond acceptors (Lipinski definition) is 11. The number of carbonyl (C=O) groups is 6. The van der Waals surface area contributed by atoms with Crippen molar-refractivity contribution in [1.82, 2.24) is 24.9 Å². The molecule has 17 heteroatoms. The van der Waals surface area contributed by atoms with E-state index in [0.717, 1.165) is 0 Å². The lowest BCUT2D eigenvalue weighted by molar-refractivity contribution is -0.143. The van der Waals surface area contributed by atoms with E-state index in [-0.39, 0.29) is 44.9 Å². The van der Waals surface area contributed by atoms with Crippen molar-refractivity contribution in [2.24, 2.45) is 5.73 Å².